The molecule has 1 heterocycles. The molecule has 1 aromatic carbocycles. The Kier molecular flexibility index (Phi) is 3.10. The Hall–Kier alpha value is -2.24. The van der Waals surface area contributed by atoms with E-state index in [9.17, 15) is 9.59 Å². The fourth-order valence-electron chi connectivity index (χ4n) is 1.93. The van der Waals surface area contributed by atoms with Crippen LogP contribution in [-0.4, -0.2) is 31.5 Å². The third-order valence-corrected chi connectivity index (χ3v) is 2.97. The van der Waals surface area contributed by atoms with Gasteiger partial charge in [0.2, 0.25) is 11.8 Å². The van der Waals surface area contributed by atoms with E-state index in [1.54, 1.807) is 37.1 Å². The summed E-state index contributed by atoms with van der Waals surface area (Å²) < 4.78 is 5.06. The molecule has 1 saturated heterocycles. The fraction of sp³-hybridized carbons (Fsp3) is 0.333. The van der Waals surface area contributed by atoms with Crippen LogP contribution in [0, 0.1) is 0 Å². The van der Waals surface area contributed by atoms with Crippen molar-refractivity contribution in [1.82, 2.24) is 5.32 Å². The predicted octanol–water partition coefficient (Wildman–Crippen LogP) is 0.129. The van der Waals surface area contributed by atoms with Crippen molar-refractivity contribution in [3.05, 3.63) is 18.2 Å². The summed E-state index contributed by atoms with van der Waals surface area (Å²) in [5, 5.41) is 2.29. The summed E-state index contributed by atoms with van der Waals surface area (Å²) in [5.41, 5.74) is 7.05. The quantitative estimate of drug-likeness (QED) is 0.575. The number of ether oxygens (including phenoxy) is 1. The maximum atomic E-state index is 11.6. The van der Waals surface area contributed by atoms with E-state index in [-0.39, 0.29) is 18.4 Å². The van der Waals surface area contributed by atoms with Crippen LogP contribution in [0.3, 0.4) is 0 Å². The number of carbonyl (C=O) groups excluding carboxylic acids is 2. The highest BCUT2D eigenvalue weighted by Gasteiger charge is 2.31. The van der Waals surface area contributed by atoms with Crippen LogP contribution in [0.25, 0.3) is 0 Å². The zero-order chi connectivity index (χ0) is 13.3. The lowest BCUT2D eigenvalue weighted by Gasteiger charge is -2.34. The topological polar surface area (TPSA) is 84.7 Å². The molecule has 2 amide bonds. The summed E-state index contributed by atoms with van der Waals surface area (Å²) in [7, 11) is 1.55. The number of anilines is 2. The lowest BCUT2D eigenvalue weighted by Crippen LogP contribution is -2.57. The molecule has 1 atom stereocenters. The molecule has 2 rings (SSSR count). The van der Waals surface area contributed by atoms with E-state index in [0.717, 1.165) is 0 Å². The van der Waals surface area contributed by atoms with Gasteiger partial charge >= 0.3 is 0 Å². The van der Waals surface area contributed by atoms with E-state index in [4.69, 9.17) is 10.5 Å². The molecule has 1 fully saturated rings. The minimum atomic E-state index is -0.432. The molecule has 1 unspecified atom stereocenters. The Morgan fingerprint density at radius 1 is 1.44 bits per heavy atom. The highest BCUT2D eigenvalue weighted by atomic mass is 16.5. The first-order valence-electron chi connectivity index (χ1n) is 5.56. The maximum Gasteiger partial charge on any atom is 0.249 e. The van der Waals surface area contributed by atoms with E-state index in [1.807, 2.05) is 0 Å². The molecule has 96 valence electrons. The largest absolute Gasteiger partial charge is 0.497 e. The summed E-state index contributed by atoms with van der Waals surface area (Å²) in [6.07, 6.45) is 0. The molecule has 3 N–H and O–H groups in total. The number of nitrogens with zero attached hydrogens (tertiary/aromatic N) is 1. The molecule has 0 saturated carbocycles. The average molecular weight is 249 g/mol. The van der Waals surface area contributed by atoms with Crippen LogP contribution in [0.5, 0.6) is 5.75 Å². The highest BCUT2D eigenvalue weighted by molar-refractivity contribution is 6.05. The SMILES string of the molecule is COc1ccc(N2CC(=O)NC(=O)C2C)c(N)c1. The number of piperazine rings is 1. The van der Waals surface area contributed by atoms with Crippen molar-refractivity contribution in [1.29, 1.82) is 0 Å². The van der Waals surface area contributed by atoms with Gasteiger partial charge in [-0.3, -0.25) is 14.9 Å². The second-order valence-corrected chi connectivity index (χ2v) is 4.14. The van der Waals surface area contributed by atoms with Crippen LogP contribution in [0.15, 0.2) is 18.2 Å². The van der Waals surface area contributed by atoms with Gasteiger partial charge in [-0.05, 0) is 19.1 Å². The molecular formula is C12H15N3O3. The summed E-state index contributed by atoms with van der Waals surface area (Å²) in [6, 6.07) is 4.73. The Morgan fingerprint density at radius 3 is 2.78 bits per heavy atom. The number of methoxy groups -OCH3 is 1. The first-order valence-corrected chi connectivity index (χ1v) is 5.56. The van der Waals surface area contributed by atoms with Crippen molar-refractivity contribution >= 4 is 23.2 Å². The van der Waals surface area contributed by atoms with Crippen LogP contribution in [0.4, 0.5) is 11.4 Å². The Balaban J connectivity index is 2.35. The summed E-state index contributed by atoms with van der Waals surface area (Å²) in [5.74, 6) is -0.00789. The molecule has 0 spiro atoms. The maximum absolute atomic E-state index is 11.6. The van der Waals surface area contributed by atoms with Crippen LogP contribution in [0.1, 0.15) is 6.92 Å². The predicted molar refractivity (Wildman–Crippen MR) is 67.4 cm³/mol. The number of nitrogen functional groups attached to an aromatic ring is 1. The minimum absolute atomic E-state index is 0.115. The van der Waals surface area contributed by atoms with Gasteiger partial charge in [0.25, 0.3) is 0 Å². The molecule has 1 aromatic rings. The number of hydrogen-bond donors (Lipinski definition) is 2. The van der Waals surface area contributed by atoms with Crippen LogP contribution >= 0.6 is 0 Å². The fourth-order valence-corrected chi connectivity index (χ4v) is 1.93. The van der Waals surface area contributed by atoms with E-state index >= 15 is 0 Å². The molecule has 0 radical (unpaired) electrons. The number of nitrogens with two attached hydrogens (primary N) is 1. The van der Waals surface area contributed by atoms with Crippen molar-refractivity contribution in [3.8, 4) is 5.75 Å². The van der Waals surface area contributed by atoms with Gasteiger partial charge in [0.05, 0.1) is 25.0 Å². The third kappa shape index (κ3) is 2.09. The molecule has 0 aliphatic carbocycles. The van der Waals surface area contributed by atoms with Gasteiger partial charge in [-0.15, -0.1) is 0 Å². The lowest BCUT2D eigenvalue weighted by molar-refractivity contribution is -0.132. The number of rotatable bonds is 2. The van der Waals surface area contributed by atoms with Crippen molar-refractivity contribution in [2.75, 3.05) is 24.3 Å². The normalized spacial score (nSPS) is 19.7. The van der Waals surface area contributed by atoms with Gasteiger partial charge in [0.15, 0.2) is 0 Å². The van der Waals surface area contributed by atoms with Crippen molar-refractivity contribution in [2.45, 2.75) is 13.0 Å². The molecule has 6 nitrogen and oxygen atoms in total. The first-order chi connectivity index (χ1) is 8.52. The number of hydrogen-bond acceptors (Lipinski definition) is 5. The van der Waals surface area contributed by atoms with Gasteiger partial charge in [-0.25, -0.2) is 0 Å². The third-order valence-electron chi connectivity index (χ3n) is 2.97. The number of benzene rings is 1. The number of amides is 2. The van der Waals surface area contributed by atoms with Crippen LogP contribution in [0.2, 0.25) is 0 Å². The number of imide groups is 1. The zero-order valence-corrected chi connectivity index (χ0v) is 10.3. The summed E-state index contributed by atoms with van der Waals surface area (Å²) in [4.78, 5) is 24.7. The molecular weight excluding hydrogens is 234 g/mol. The standard InChI is InChI=1S/C12H15N3O3/c1-7-12(17)14-11(16)6-15(7)10-4-3-8(18-2)5-9(10)13/h3-5,7H,6,13H2,1-2H3,(H,14,16,17). The van der Waals surface area contributed by atoms with Gasteiger partial charge in [0.1, 0.15) is 11.8 Å². The smallest absolute Gasteiger partial charge is 0.249 e. The first kappa shape index (κ1) is 12.2. The number of nitrogens with one attached hydrogen (secondary N) is 1. The second-order valence-electron chi connectivity index (χ2n) is 4.14. The van der Waals surface area contributed by atoms with Crippen LogP contribution in [-0.2, 0) is 9.59 Å². The molecule has 6 heteroatoms. The molecule has 0 bridgehead atoms. The molecule has 1 aliphatic rings. The highest BCUT2D eigenvalue weighted by Crippen LogP contribution is 2.29. The average Bonchev–Trinajstić information content (AvgIpc) is 2.34. The Bertz CT molecular complexity index is 501. The molecule has 18 heavy (non-hydrogen) atoms. The minimum Gasteiger partial charge on any atom is -0.497 e. The van der Waals surface area contributed by atoms with Crippen molar-refractivity contribution < 1.29 is 14.3 Å². The monoisotopic (exact) mass is 249 g/mol. The Morgan fingerprint density at radius 2 is 2.17 bits per heavy atom. The second kappa shape index (κ2) is 4.56. The molecule has 1 aliphatic heterocycles. The van der Waals surface area contributed by atoms with Gasteiger partial charge < -0.3 is 15.4 Å². The Labute approximate surface area is 105 Å². The zero-order valence-electron chi connectivity index (χ0n) is 10.3. The van der Waals surface area contributed by atoms with Gasteiger partial charge in [-0.2, -0.15) is 0 Å². The van der Waals surface area contributed by atoms with Gasteiger partial charge in [0, 0.05) is 6.07 Å². The molecule has 0 aromatic heterocycles. The van der Waals surface area contributed by atoms with Crippen LogP contribution < -0.4 is 20.7 Å². The lowest BCUT2D eigenvalue weighted by atomic mass is 10.1. The van der Waals surface area contributed by atoms with Gasteiger partial charge in [-0.1, -0.05) is 0 Å². The van der Waals surface area contributed by atoms with E-state index in [2.05, 4.69) is 5.32 Å². The summed E-state index contributed by atoms with van der Waals surface area (Å²) in [6.45, 7) is 1.84. The summed E-state index contributed by atoms with van der Waals surface area (Å²) >= 11 is 0. The van der Waals surface area contributed by atoms with E-state index in [0.29, 0.717) is 17.1 Å². The van der Waals surface area contributed by atoms with E-state index in [1.165, 1.54) is 0 Å². The number of carbonyl (C=O) groups is 2. The van der Waals surface area contributed by atoms with E-state index < -0.39 is 6.04 Å². The van der Waals surface area contributed by atoms with Crippen molar-refractivity contribution in [2.24, 2.45) is 0 Å². The van der Waals surface area contributed by atoms with Crippen molar-refractivity contribution in [3.63, 3.8) is 0 Å².